The molecule has 17 heavy (non-hydrogen) atoms. The molecule has 1 atom stereocenters. The predicted octanol–water partition coefficient (Wildman–Crippen LogP) is 2.55. The van der Waals surface area contributed by atoms with Crippen LogP contribution in [0.1, 0.15) is 18.9 Å². The van der Waals surface area contributed by atoms with Gasteiger partial charge in [0.05, 0.1) is 0 Å². The number of nitrogen functional groups attached to an aromatic ring is 1. The Kier molecular flexibility index (Phi) is 5.65. The highest BCUT2D eigenvalue weighted by molar-refractivity contribution is 7.98. The zero-order valence-corrected chi connectivity index (χ0v) is 11.6. The van der Waals surface area contributed by atoms with Gasteiger partial charge in [0.15, 0.2) is 0 Å². The van der Waals surface area contributed by atoms with Crippen LogP contribution in [0.4, 0.5) is 5.69 Å². The number of benzene rings is 1. The van der Waals surface area contributed by atoms with E-state index in [9.17, 15) is 5.11 Å². The fourth-order valence-electron chi connectivity index (χ4n) is 1.67. The minimum Gasteiger partial charge on any atom is -0.508 e. The van der Waals surface area contributed by atoms with E-state index in [4.69, 9.17) is 5.73 Å². The highest BCUT2D eigenvalue weighted by Gasteiger charge is 2.11. The Morgan fingerprint density at radius 2 is 2.18 bits per heavy atom. The maximum Gasteiger partial charge on any atom is 0.120 e. The molecule has 0 saturated carbocycles. The molecule has 0 bridgehead atoms. The average Bonchev–Trinajstić information content (AvgIpc) is 2.30. The van der Waals surface area contributed by atoms with Crippen LogP contribution in [-0.4, -0.2) is 35.1 Å². The summed E-state index contributed by atoms with van der Waals surface area (Å²) in [7, 11) is 2.08. The minimum atomic E-state index is 0.322. The molecule has 0 aliphatic heterocycles. The molecule has 0 spiro atoms. The largest absolute Gasteiger partial charge is 0.508 e. The molecule has 1 rings (SSSR count). The van der Waals surface area contributed by atoms with Crippen LogP contribution in [0, 0.1) is 0 Å². The summed E-state index contributed by atoms with van der Waals surface area (Å²) in [5, 5.41) is 9.76. The van der Waals surface area contributed by atoms with E-state index >= 15 is 0 Å². The number of nitrogens with zero attached hydrogens (tertiary/aromatic N) is 1. The third kappa shape index (κ3) is 4.48. The molecule has 1 unspecified atom stereocenters. The molecule has 1 aromatic carbocycles. The van der Waals surface area contributed by atoms with E-state index < -0.39 is 0 Å². The normalized spacial score (nSPS) is 12.9. The number of nitrogens with two attached hydrogens (primary N) is 1. The van der Waals surface area contributed by atoms with Gasteiger partial charge in [-0.25, -0.2) is 0 Å². The molecule has 3 nitrogen and oxygen atoms in total. The van der Waals surface area contributed by atoms with Gasteiger partial charge < -0.3 is 10.8 Å². The van der Waals surface area contributed by atoms with Gasteiger partial charge in [-0.3, -0.25) is 4.90 Å². The molecule has 0 aliphatic carbocycles. The van der Waals surface area contributed by atoms with E-state index in [0.29, 0.717) is 17.5 Å². The number of hydrogen-bond donors (Lipinski definition) is 2. The summed E-state index contributed by atoms with van der Waals surface area (Å²) in [6, 6.07) is 5.72. The zero-order valence-electron chi connectivity index (χ0n) is 10.8. The van der Waals surface area contributed by atoms with Crippen LogP contribution in [0.3, 0.4) is 0 Å². The molecular weight excluding hydrogens is 232 g/mol. The summed E-state index contributed by atoms with van der Waals surface area (Å²) in [5.41, 5.74) is 7.32. The SMILES string of the molecule is CSCCC(C)N(C)Cc1cc(N)ccc1O. The van der Waals surface area contributed by atoms with Crippen LogP contribution in [0.5, 0.6) is 5.75 Å². The molecule has 0 fully saturated rings. The molecule has 4 heteroatoms. The molecule has 0 aliphatic rings. The van der Waals surface area contributed by atoms with Crippen LogP contribution in [0.25, 0.3) is 0 Å². The van der Waals surface area contributed by atoms with Gasteiger partial charge in [-0.15, -0.1) is 0 Å². The number of hydrogen-bond acceptors (Lipinski definition) is 4. The Hall–Kier alpha value is -0.870. The molecule has 0 radical (unpaired) electrons. The second-order valence-electron chi connectivity index (χ2n) is 4.43. The Labute approximate surface area is 108 Å². The highest BCUT2D eigenvalue weighted by atomic mass is 32.2. The summed E-state index contributed by atoms with van der Waals surface area (Å²) >= 11 is 1.86. The van der Waals surface area contributed by atoms with Crippen LogP contribution >= 0.6 is 11.8 Å². The van der Waals surface area contributed by atoms with E-state index in [1.165, 1.54) is 0 Å². The topological polar surface area (TPSA) is 49.5 Å². The van der Waals surface area contributed by atoms with Crippen LogP contribution in [-0.2, 0) is 6.54 Å². The third-order valence-electron chi connectivity index (χ3n) is 3.02. The van der Waals surface area contributed by atoms with Gasteiger partial charge in [0.1, 0.15) is 5.75 Å². The number of rotatable bonds is 6. The maximum absolute atomic E-state index is 9.76. The van der Waals surface area contributed by atoms with Crippen molar-refractivity contribution < 1.29 is 5.11 Å². The Morgan fingerprint density at radius 1 is 1.47 bits per heavy atom. The third-order valence-corrected chi connectivity index (χ3v) is 3.66. The lowest BCUT2D eigenvalue weighted by Crippen LogP contribution is -2.29. The van der Waals surface area contributed by atoms with Crippen molar-refractivity contribution >= 4 is 17.4 Å². The van der Waals surface area contributed by atoms with Gasteiger partial charge in [-0.05, 0) is 50.6 Å². The smallest absolute Gasteiger partial charge is 0.120 e. The van der Waals surface area contributed by atoms with Crippen molar-refractivity contribution in [3.05, 3.63) is 23.8 Å². The van der Waals surface area contributed by atoms with Crippen LogP contribution in [0.15, 0.2) is 18.2 Å². The van der Waals surface area contributed by atoms with Crippen molar-refractivity contribution in [2.75, 3.05) is 24.8 Å². The first-order chi connectivity index (χ1) is 8.04. The zero-order chi connectivity index (χ0) is 12.8. The molecule has 0 saturated heterocycles. The lowest BCUT2D eigenvalue weighted by Gasteiger charge is -2.25. The monoisotopic (exact) mass is 254 g/mol. The van der Waals surface area contributed by atoms with E-state index in [-0.39, 0.29) is 0 Å². The quantitative estimate of drug-likeness (QED) is 0.605. The number of anilines is 1. The molecule has 1 aromatic rings. The lowest BCUT2D eigenvalue weighted by molar-refractivity contribution is 0.242. The Bertz CT molecular complexity index is 357. The molecule has 0 amide bonds. The van der Waals surface area contributed by atoms with Crippen molar-refractivity contribution in [3.63, 3.8) is 0 Å². The maximum atomic E-state index is 9.76. The summed E-state index contributed by atoms with van der Waals surface area (Å²) in [6.07, 6.45) is 3.27. The predicted molar refractivity (Wildman–Crippen MR) is 76.4 cm³/mol. The molecule has 0 aromatic heterocycles. The Balaban J connectivity index is 2.60. The fraction of sp³-hybridized carbons (Fsp3) is 0.538. The van der Waals surface area contributed by atoms with Crippen molar-refractivity contribution in [2.24, 2.45) is 0 Å². The Morgan fingerprint density at radius 3 is 2.82 bits per heavy atom. The minimum absolute atomic E-state index is 0.322. The molecular formula is C13H22N2OS. The lowest BCUT2D eigenvalue weighted by atomic mass is 10.1. The molecule has 3 N–H and O–H groups in total. The summed E-state index contributed by atoms with van der Waals surface area (Å²) in [5.74, 6) is 1.48. The van der Waals surface area contributed by atoms with Gasteiger partial charge in [0.2, 0.25) is 0 Å². The highest BCUT2D eigenvalue weighted by Crippen LogP contribution is 2.22. The van der Waals surface area contributed by atoms with Crippen molar-refractivity contribution in [1.82, 2.24) is 4.90 Å². The fourth-order valence-corrected chi connectivity index (χ4v) is 2.24. The number of phenols is 1. The van der Waals surface area contributed by atoms with Crippen LogP contribution < -0.4 is 5.73 Å². The average molecular weight is 254 g/mol. The second kappa shape index (κ2) is 6.77. The number of aromatic hydroxyl groups is 1. The number of phenolic OH excluding ortho intramolecular Hbond substituents is 1. The van der Waals surface area contributed by atoms with Gasteiger partial charge in [0, 0.05) is 23.8 Å². The first-order valence-electron chi connectivity index (χ1n) is 5.81. The van der Waals surface area contributed by atoms with Gasteiger partial charge >= 0.3 is 0 Å². The van der Waals surface area contributed by atoms with Crippen molar-refractivity contribution in [2.45, 2.75) is 25.9 Å². The molecule has 96 valence electrons. The second-order valence-corrected chi connectivity index (χ2v) is 5.42. The first-order valence-corrected chi connectivity index (χ1v) is 7.20. The van der Waals surface area contributed by atoms with E-state index in [1.807, 2.05) is 17.8 Å². The van der Waals surface area contributed by atoms with E-state index in [1.54, 1.807) is 12.1 Å². The van der Waals surface area contributed by atoms with Gasteiger partial charge in [0.25, 0.3) is 0 Å². The van der Waals surface area contributed by atoms with Crippen molar-refractivity contribution in [1.29, 1.82) is 0 Å². The molecule has 0 heterocycles. The van der Waals surface area contributed by atoms with Crippen LogP contribution in [0.2, 0.25) is 0 Å². The summed E-state index contributed by atoms with van der Waals surface area (Å²) in [6.45, 7) is 2.94. The number of thioether (sulfide) groups is 1. The standard InChI is InChI=1S/C13H22N2OS/c1-10(6-7-17-3)15(2)9-11-8-12(14)4-5-13(11)16/h4-5,8,10,16H,6-7,9,14H2,1-3H3. The van der Waals surface area contributed by atoms with E-state index in [0.717, 1.165) is 24.3 Å². The van der Waals surface area contributed by atoms with Gasteiger partial charge in [-0.2, -0.15) is 11.8 Å². The van der Waals surface area contributed by atoms with Crippen molar-refractivity contribution in [3.8, 4) is 5.75 Å². The first kappa shape index (κ1) is 14.2. The summed E-state index contributed by atoms with van der Waals surface area (Å²) in [4.78, 5) is 2.24. The van der Waals surface area contributed by atoms with E-state index in [2.05, 4.69) is 25.1 Å². The summed E-state index contributed by atoms with van der Waals surface area (Å²) < 4.78 is 0. The van der Waals surface area contributed by atoms with Gasteiger partial charge in [-0.1, -0.05) is 0 Å².